The van der Waals surface area contributed by atoms with Gasteiger partial charge in [-0.1, -0.05) is 0 Å². The van der Waals surface area contributed by atoms with Gasteiger partial charge in [-0.15, -0.1) is 0 Å². The largest absolute Gasteiger partial charge is 0.480 e. The topological polar surface area (TPSA) is 74.7 Å². The minimum Gasteiger partial charge on any atom is -0.480 e. The molecule has 1 aliphatic heterocycles. The summed E-state index contributed by atoms with van der Waals surface area (Å²) in [4.78, 5) is 35.5. The summed E-state index contributed by atoms with van der Waals surface area (Å²) in [6, 6.07) is 0. The van der Waals surface area contributed by atoms with Crippen molar-refractivity contribution in [2.75, 3.05) is 6.54 Å². The van der Waals surface area contributed by atoms with E-state index < -0.39 is 12.5 Å². The van der Waals surface area contributed by atoms with Crippen LogP contribution in [0.15, 0.2) is 0 Å². The highest BCUT2D eigenvalue weighted by atomic mass is 16.4. The smallest absolute Gasteiger partial charge is 0.323 e. The number of rotatable bonds is 2. The normalized spacial score (nSPS) is 40.6. The fraction of sp³-hybridized carbons (Fsp3) is 0.727. The van der Waals surface area contributed by atoms with E-state index in [1.165, 1.54) is 0 Å². The first-order valence-corrected chi connectivity index (χ1v) is 5.66. The van der Waals surface area contributed by atoms with E-state index in [-0.39, 0.29) is 23.7 Å². The molecule has 0 radical (unpaired) electrons. The summed E-state index contributed by atoms with van der Waals surface area (Å²) in [6.45, 7) is -0.468. The van der Waals surface area contributed by atoms with E-state index in [1.54, 1.807) is 0 Å². The van der Waals surface area contributed by atoms with E-state index in [2.05, 4.69) is 0 Å². The fourth-order valence-corrected chi connectivity index (χ4v) is 3.76. The Morgan fingerprint density at radius 3 is 2.12 bits per heavy atom. The summed E-state index contributed by atoms with van der Waals surface area (Å²) in [5.74, 6) is -1.37. The SMILES string of the molecule is O=C(O)CN1C(=O)[C@H]2[C@@H]3CC[C@@H](C3)[C@@H]2C1=O. The third-order valence-electron chi connectivity index (χ3n) is 4.31. The van der Waals surface area contributed by atoms with Gasteiger partial charge >= 0.3 is 5.97 Å². The molecule has 4 atom stereocenters. The van der Waals surface area contributed by atoms with Crippen LogP contribution < -0.4 is 0 Å². The number of carbonyl (C=O) groups is 3. The van der Waals surface area contributed by atoms with Crippen molar-refractivity contribution in [3.05, 3.63) is 0 Å². The van der Waals surface area contributed by atoms with Crippen LogP contribution in [0.25, 0.3) is 0 Å². The predicted octanol–water partition coefficient (Wildman–Crippen LogP) is 0.102. The maximum absolute atomic E-state index is 12.0. The quantitative estimate of drug-likeness (QED) is 0.674. The molecule has 3 fully saturated rings. The van der Waals surface area contributed by atoms with Gasteiger partial charge in [-0.05, 0) is 31.1 Å². The molecule has 5 heteroatoms. The van der Waals surface area contributed by atoms with Crippen LogP contribution in [0.4, 0.5) is 0 Å². The van der Waals surface area contributed by atoms with Crippen LogP contribution in [-0.4, -0.2) is 34.3 Å². The molecule has 0 aromatic rings. The summed E-state index contributed by atoms with van der Waals surface area (Å²) < 4.78 is 0. The Balaban J connectivity index is 1.89. The van der Waals surface area contributed by atoms with Crippen LogP contribution in [0.3, 0.4) is 0 Å². The van der Waals surface area contributed by atoms with Crippen molar-refractivity contribution >= 4 is 17.8 Å². The van der Waals surface area contributed by atoms with Crippen LogP contribution in [-0.2, 0) is 14.4 Å². The molecule has 3 rings (SSSR count). The monoisotopic (exact) mass is 223 g/mol. The standard InChI is InChI=1S/C11H13NO4/c13-7(14)4-12-10(15)8-5-1-2-6(3-5)9(8)11(12)16/h5-6,8-9H,1-4H2,(H,13,14)/t5-,6+,8-,9-/m0/s1. The van der Waals surface area contributed by atoms with Gasteiger partial charge in [0.2, 0.25) is 11.8 Å². The Morgan fingerprint density at radius 2 is 1.69 bits per heavy atom. The number of hydrogen-bond acceptors (Lipinski definition) is 3. The number of carboxylic acid groups (broad SMARTS) is 1. The highest BCUT2D eigenvalue weighted by Crippen LogP contribution is 2.55. The highest BCUT2D eigenvalue weighted by molar-refractivity contribution is 6.07. The third kappa shape index (κ3) is 1.08. The molecule has 0 aromatic heterocycles. The number of likely N-dealkylation sites (tertiary alicyclic amines) is 1. The molecule has 0 spiro atoms. The maximum atomic E-state index is 12.0. The third-order valence-corrected chi connectivity index (χ3v) is 4.31. The van der Waals surface area contributed by atoms with Gasteiger partial charge in [-0.25, -0.2) is 0 Å². The number of carbonyl (C=O) groups excluding carboxylic acids is 2. The highest BCUT2D eigenvalue weighted by Gasteiger charge is 2.60. The number of fused-ring (bicyclic) bond motifs is 5. The molecule has 2 saturated carbocycles. The van der Waals surface area contributed by atoms with Crippen molar-refractivity contribution in [1.82, 2.24) is 4.90 Å². The summed E-state index contributed by atoms with van der Waals surface area (Å²) in [7, 11) is 0. The Labute approximate surface area is 92.4 Å². The van der Waals surface area contributed by atoms with Crippen LogP contribution in [0.5, 0.6) is 0 Å². The Kier molecular flexibility index (Phi) is 1.87. The van der Waals surface area contributed by atoms with E-state index in [4.69, 9.17) is 5.11 Å². The molecular formula is C11H13NO4. The van der Waals surface area contributed by atoms with E-state index >= 15 is 0 Å². The number of hydrogen-bond donors (Lipinski definition) is 1. The fourth-order valence-electron chi connectivity index (χ4n) is 3.76. The van der Waals surface area contributed by atoms with E-state index in [9.17, 15) is 14.4 Å². The first-order valence-electron chi connectivity index (χ1n) is 5.66. The van der Waals surface area contributed by atoms with Crippen LogP contribution in [0, 0.1) is 23.7 Å². The second-order valence-electron chi connectivity index (χ2n) is 5.04. The number of imide groups is 1. The Hall–Kier alpha value is -1.39. The summed E-state index contributed by atoms with van der Waals surface area (Å²) >= 11 is 0. The first-order chi connectivity index (χ1) is 7.59. The van der Waals surface area contributed by atoms with Gasteiger partial charge in [0.25, 0.3) is 0 Å². The molecule has 3 aliphatic rings. The van der Waals surface area contributed by atoms with Gasteiger partial charge in [0.05, 0.1) is 11.8 Å². The minimum absolute atomic E-state index is 0.203. The average molecular weight is 223 g/mol. The zero-order chi connectivity index (χ0) is 11.4. The van der Waals surface area contributed by atoms with Gasteiger partial charge in [-0.2, -0.15) is 0 Å². The van der Waals surface area contributed by atoms with E-state index in [1.807, 2.05) is 0 Å². The molecule has 86 valence electrons. The second-order valence-corrected chi connectivity index (χ2v) is 5.04. The molecule has 2 amide bonds. The molecule has 1 heterocycles. The summed E-state index contributed by atoms with van der Waals surface area (Å²) in [6.07, 6.45) is 3.02. The number of aliphatic carboxylic acids is 1. The molecule has 0 unspecified atom stereocenters. The van der Waals surface area contributed by atoms with Crippen LogP contribution >= 0.6 is 0 Å². The molecule has 2 bridgehead atoms. The van der Waals surface area contributed by atoms with Crippen molar-refractivity contribution in [1.29, 1.82) is 0 Å². The van der Waals surface area contributed by atoms with Crippen LogP contribution in [0.1, 0.15) is 19.3 Å². The van der Waals surface area contributed by atoms with Crippen molar-refractivity contribution in [3.8, 4) is 0 Å². The van der Waals surface area contributed by atoms with Gasteiger partial charge < -0.3 is 5.11 Å². The molecule has 16 heavy (non-hydrogen) atoms. The minimum atomic E-state index is -1.12. The molecule has 1 saturated heterocycles. The molecule has 2 aliphatic carbocycles. The average Bonchev–Trinajstić information content (AvgIpc) is 2.87. The van der Waals surface area contributed by atoms with Gasteiger partial charge in [0.15, 0.2) is 0 Å². The number of nitrogens with zero attached hydrogens (tertiary/aromatic N) is 1. The Bertz CT molecular complexity index is 363. The van der Waals surface area contributed by atoms with Gasteiger partial charge in [0.1, 0.15) is 6.54 Å². The lowest BCUT2D eigenvalue weighted by atomic mass is 9.81. The lowest BCUT2D eigenvalue weighted by molar-refractivity contribution is -0.149. The van der Waals surface area contributed by atoms with Gasteiger partial charge in [0, 0.05) is 0 Å². The lowest BCUT2D eigenvalue weighted by Crippen LogP contribution is -2.37. The van der Waals surface area contributed by atoms with Crippen molar-refractivity contribution < 1.29 is 19.5 Å². The number of amides is 2. The zero-order valence-electron chi connectivity index (χ0n) is 8.76. The Morgan fingerprint density at radius 1 is 1.19 bits per heavy atom. The van der Waals surface area contributed by atoms with Crippen molar-refractivity contribution in [2.45, 2.75) is 19.3 Å². The van der Waals surface area contributed by atoms with Crippen molar-refractivity contribution in [2.24, 2.45) is 23.7 Å². The van der Waals surface area contributed by atoms with Crippen molar-refractivity contribution in [3.63, 3.8) is 0 Å². The van der Waals surface area contributed by atoms with Crippen LogP contribution in [0.2, 0.25) is 0 Å². The molecule has 5 nitrogen and oxygen atoms in total. The molecule has 1 N–H and O–H groups in total. The molecular weight excluding hydrogens is 210 g/mol. The van der Waals surface area contributed by atoms with Gasteiger partial charge in [-0.3, -0.25) is 19.3 Å². The summed E-state index contributed by atoms with van der Waals surface area (Å²) in [5, 5.41) is 8.67. The number of carboxylic acids is 1. The second kappa shape index (κ2) is 3.06. The lowest BCUT2D eigenvalue weighted by Gasteiger charge is -2.19. The summed E-state index contributed by atoms with van der Waals surface area (Å²) in [5.41, 5.74) is 0. The van der Waals surface area contributed by atoms with E-state index in [0.717, 1.165) is 24.2 Å². The zero-order valence-corrected chi connectivity index (χ0v) is 8.76. The maximum Gasteiger partial charge on any atom is 0.323 e. The first kappa shape index (κ1) is 9.81. The van der Waals surface area contributed by atoms with E-state index in [0.29, 0.717) is 11.8 Å². The predicted molar refractivity (Wildman–Crippen MR) is 52.2 cm³/mol. The molecule has 0 aromatic carbocycles.